The molecular formula is C21H29N3O3. The summed E-state index contributed by atoms with van der Waals surface area (Å²) in [6.45, 7) is 6.97. The Morgan fingerprint density at radius 1 is 1.19 bits per heavy atom. The Bertz CT molecular complexity index is 689. The van der Waals surface area contributed by atoms with Crippen LogP contribution in [0.2, 0.25) is 0 Å². The maximum Gasteiger partial charge on any atom is 0.246 e. The first kappa shape index (κ1) is 18.4. The van der Waals surface area contributed by atoms with E-state index in [-0.39, 0.29) is 23.9 Å². The third-order valence-electron chi connectivity index (χ3n) is 6.34. The van der Waals surface area contributed by atoms with Crippen molar-refractivity contribution in [1.29, 1.82) is 0 Å². The summed E-state index contributed by atoms with van der Waals surface area (Å²) in [5.74, 6) is 0.684. The molecule has 0 aliphatic carbocycles. The summed E-state index contributed by atoms with van der Waals surface area (Å²) in [7, 11) is 0. The zero-order valence-electron chi connectivity index (χ0n) is 16.1. The molecule has 2 amide bonds. The van der Waals surface area contributed by atoms with Gasteiger partial charge in [0.15, 0.2) is 0 Å². The van der Waals surface area contributed by atoms with Gasteiger partial charge in [-0.25, -0.2) is 0 Å². The largest absolute Gasteiger partial charge is 0.381 e. The Labute approximate surface area is 161 Å². The van der Waals surface area contributed by atoms with Gasteiger partial charge in [0, 0.05) is 45.5 Å². The Hall–Kier alpha value is -1.92. The van der Waals surface area contributed by atoms with Gasteiger partial charge in [-0.2, -0.15) is 0 Å². The number of hydrogen-bond acceptors (Lipinski definition) is 4. The molecule has 0 radical (unpaired) electrons. The van der Waals surface area contributed by atoms with E-state index in [4.69, 9.17) is 4.74 Å². The lowest BCUT2D eigenvalue weighted by molar-refractivity contribution is -0.142. The van der Waals surface area contributed by atoms with Crippen molar-refractivity contribution in [2.24, 2.45) is 5.92 Å². The van der Waals surface area contributed by atoms with Crippen molar-refractivity contribution in [2.45, 2.75) is 31.7 Å². The summed E-state index contributed by atoms with van der Waals surface area (Å²) in [4.78, 5) is 31.3. The number of amides is 2. The summed E-state index contributed by atoms with van der Waals surface area (Å²) >= 11 is 0. The van der Waals surface area contributed by atoms with Crippen LogP contribution < -0.4 is 4.90 Å². The van der Waals surface area contributed by atoms with E-state index in [1.807, 2.05) is 40.1 Å². The highest BCUT2D eigenvalue weighted by molar-refractivity contribution is 5.98. The maximum atomic E-state index is 12.8. The second-order valence-electron chi connectivity index (χ2n) is 8.19. The molecule has 3 aliphatic rings. The molecule has 1 spiro atoms. The van der Waals surface area contributed by atoms with Gasteiger partial charge in [-0.05, 0) is 37.3 Å². The van der Waals surface area contributed by atoms with Crippen LogP contribution >= 0.6 is 0 Å². The molecule has 3 fully saturated rings. The fourth-order valence-corrected chi connectivity index (χ4v) is 4.88. The van der Waals surface area contributed by atoms with Crippen molar-refractivity contribution >= 4 is 17.5 Å². The molecule has 27 heavy (non-hydrogen) atoms. The second-order valence-corrected chi connectivity index (χ2v) is 8.19. The molecule has 1 atom stereocenters. The fraction of sp³-hybridized carbons (Fsp3) is 0.619. The molecule has 0 aromatic heterocycles. The summed E-state index contributed by atoms with van der Waals surface area (Å²) in [6.07, 6.45) is 3.16. The standard InChI is InChI=1S/C21H29N3O3/c1-17(25)24-14-20(26)23(19-5-3-2-4-6-19)16-21(24)9-10-22(15-21)13-18-7-11-27-12-8-18/h2-6,18H,7-16H2,1H3. The Morgan fingerprint density at radius 3 is 2.63 bits per heavy atom. The number of ether oxygens (including phenoxy) is 1. The van der Waals surface area contributed by atoms with E-state index in [1.165, 1.54) is 0 Å². The molecule has 1 unspecified atom stereocenters. The lowest BCUT2D eigenvalue weighted by Gasteiger charge is -2.48. The number of para-hydroxylation sites is 1. The zero-order chi connectivity index (χ0) is 18.9. The number of carbonyl (C=O) groups excluding carboxylic acids is 2. The highest BCUT2D eigenvalue weighted by Crippen LogP contribution is 2.35. The first-order valence-electron chi connectivity index (χ1n) is 10.0. The fourth-order valence-electron chi connectivity index (χ4n) is 4.88. The number of nitrogens with zero attached hydrogens (tertiary/aromatic N) is 3. The zero-order valence-corrected chi connectivity index (χ0v) is 16.1. The van der Waals surface area contributed by atoms with Crippen LogP contribution in [0.5, 0.6) is 0 Å². The van der Waals surface area contributed by atoms with Crippen molar-refractivity contribution in [3.63, 3.8) is 0 Å². The average Bonchev–Trinajstić information content (AvgIpc) is 3.07. The van der Waals surface area contributed by atoms with Crippen molar-refractivity contribution in [2.75, 3.05) is 50.8 Å². The Kier molecular flexibility index (Phi) is 5.19. The molecular weight excluding hydrogens is 342 g/mol. The van der Waals surface area contributed by atoms with Crippen molar-refractivity contribution in [1.82, 2.24) is 9.80 Å². The van der Waals surface area contributed by atoms with Gasteiger partial charge >= 0.3 is 0 Å². The number of rotatable bonds is 3. The average molecular weight is 371 g/mol. The summed E-state index contributed by atoms with van der Waals surface area (Å²) in [5, 5.41) is 0. The molecule has 3 saturated heterocycles. The van der Waals surface area contributed by atoms with Gasteiger partial charge in [0.05, 0.1) is 12.1 Å². The number of likely N-dealkylation sites (tertiary alicyclic amines) is 1. The first-order chi connectivity index (χ1) is 13.1. The highest BCUT2D eigenvalue weighted by atomic mass is 16.5. The number of carbonyl (C=O) groups is 2. The Balaban J connectivity index is 1.52. The van der Waals surface area contributed by atoms with E-state index in [9.17, 15) is 9.59 Å². The number of benzene rings is 1. The topological polar surface area (TPSA) is 53.1 Å². The SMILES string of the molecule is CC(=O)N1CC(=O)N(c2ccccc2)CC12CCN(CC1CCOCC1)C2. The van der Waals surface area contributed by atoms with Crippen LogP contribution in [-0.4, -0.2) is 73.1 Å². The molecule has 1 aromatic carbocycles. The van der Waals surface area contributed by atoms with Gasteiger partial charge in [-0.15, -0.1) is 0 Å². The van der Waals surface area contributed by atoms with Gasteiger partial charge in [0.1, 0.15) is 6.54 Å². The third kappa shape index (κ3) is 3.73. The number of hydrogen-bond donors (Lipinski definition) is 0. The van der Waals surface area contributed by atoms with Gasteiger partial charge in [0.2, 0.25) is 11.8 Å². The molecule has 0 N–H and O–H groups in total. The maximum absolute atomic E-state index is 12.8. The minimum absolute atomic E-state index is 0.00368. The molecule has 0 bridgehead atoms. The molecule has 1 aromatic rings. The van der Waals surface area contributed by atoms with Crippen LogP contribution in [0.15, 0.2) is 30.3 Å². The van der Waals surface area contributed by atoms with Crippen LogP contribution in [0, 0.1) is 5.92 Å². The van der Waals surface area contributed by atoms with Crippen LogP contribution in [0.4, 0.5) is 5.69 Å². The minimum Gasteiger partial charge on any atom is -0.381 e. The normalized spacial score (nSPS) is 27.5. The van der Waals surface area contributed by atoms with Gasteiger partial charge < -0.3 is 19.4 Å². The predicted octanol–water partition coefficient (Wildman–Crippen LogP) is 1.75. The molecule has 0 saturated carbocycles. The second kappa shape index (κ2) is 7.60. The van der Waals surface area contributed by atoms with Crippen LogP contribution in [-0.2, 0) is 14.3 Å². The predicted molar refractivity (Wildman–Crippen MR) is 104 cm³/mol. The van der Waals surface area contributed by atoms with Gasteiger partial charge in [0.25, 0.3) is 0 Å². The quantitative estimate of drug-likeness (QED) is 0.812. The van der Waals surface area contributed by atoms with Crippen molar-refractivity contribution < 1.29 is 14.3 Å². The van der Waals surface area contributed by atoms with E-state index in [0.29, 0.717) is 12.5 Å². The van der Waals surface area contributed by atoms with E-state index >= 15 is 0 Å². The molecule has 4 rings (SSSR count). The Morgan fingerprint density at radius 2 is 1.93 bits per heavy atom. The van der Waals surface area contributed by atoms with Crippen molar-refractivity contribution in [3.8, 4) is 0 Å². The van der Waals surface area contributed by atoms with E-state index in [1.54, 1.807) is 6.92 Å². The van der Waals surface area contributed by atoms with E-state index in [2.05, 4.69) is 4.90 Å². The van der Waals surface area contributed by atoms with Crippen molar-refractivity contribution in [3.05, 3.63) is 30.3 Å². The van der Waals surface area contributed by atoms with E-state index in [0.717, 1.165) is 57.8 Å². The number of piperazine rings is 1. The summed E-state index contributed by atoms with van der Waals surface area (Å²) in [5.41, 5.74) is 0.647. The molecule has 6 nitrogen and oxygen atoms in total. The lowest BCUT2D eigenvalue weighted by Crippen LogP contribution is -2.66. The molecule has 3 aliphatic heterocycles. The molecule has 6 heteroatoms. The molecule has 3 heterocycles. The third-order valence-corrected chi connectivity index (χ3v) is 6.34. The monoisotopic (exact) mass is 371 g/mol. The smallest absolute Gasteiger partial charge is 0.246 e. The molecule has 146 valence electrons. The minimum atomic E-state index is -0.277. The van der Waals surface area contributed by atoms with Gasteiger partial charge in [-0.1, -0.05) is 18.2 Å². The lowest BCUT2D eigenvalue weighted by atomic mass is 9.91. The highest BCUT2D eigenvalue weighted by Gasteiger charge is 2.50. The van der Waals surface area contributed by atoms with E-state index < -0.39 is 0 Å². The van der Waals surface area contributed by atoms with Crippen LogP contribution in [0.25, 0.3) is 0 Å². The summed E-state index contributed by atoms with van der Waals surface area (Å²) < 4.78 is 5.48. The summed E-state index contributed by atoms with van der Waals surface area (Å²) in [6, 6.07) is 9.83. The number of anilines is 1. The first-order valence-corrected chi connectivity index (χ1v) is 10.0. The van der Waals surface area contributed by atoms with Crippen LogP contribution in [0.1, 0.15) is 26.2 Å². The van der Waals surface area contributed by atoms with Gasteiger partial charge in [-0.3, -0.25) is 9.59 Å². The van der Waals surface area contributed by atoms with Crippen LogP contribution in [0.3, 0.4) is 0 Å².